The van der Waals surface area contributed by atoms with E-state index in [2.05, 4.69) is 15.6 Å². The molecule has 0 bridgehead atoms. The minimum Gasteiger partial charge on any atom is -0.497 e. The first-order valence-electron chi connectivity index (χ1n) is 10.9. The molecule has 0 spiro atoms. The van der Waals surface area contributed by atoms with Gasteiger partial charge in [0.1, 0.15) is 11.6 Å². The van der Waals surface area contributed by atoms with Gasteiger partial charge in [0.05, 0.1) is 18.3 Å². The van der Waals surface area contributed by atoms with Gasteiger partial charge in [0.15, 0.2) is 11.8 Å². The van der Waals surface area contributed by atoms with Crippen LogP contribution in [0.1, 0.15) is 37.2 Å². The van der Waals surface area contributed by atoms with Crippen LogP contribution in [0.25, 0.3) is 23.1 Å². The Labute approximate surface area is 224 Å². The molecule has 1 aliphatic rings. The summed E-state index contributed by atoms with van der Waals surface area (Å²) in [5.74, 6) is 2.81. The van der Waals surface area contributed by atoms with Crippen molar-refractivity contribution in [1.82, 2.24) is 20.3 Å². The molecule has 2 heterocycles. The highest BCUT2D eigenvalue weighted by Crippen LogP contribution is 2.30. The van der Waals surface area contributed by atoms with E-state index in [0.717, 1.165) is 60.4 Å². The zero-order valence-corrected chi connectivity index (χ0v) is 21.9. The summed E-state index contributed by atoms with van der Waals surface area (Å²) in [6, 6.07) is 12.0. The average Bonchev–Trinajstić information content (AvgIpc) is 2.82. The standard InChI is InChI=1S/C24H29N7O.3ClH/c1-32-19-10-11-21-20(14-19)23(29-18-7-5-16(6-8-18)15-28-24(25)26)31-22(30-21)12-9-17-4-2-3-13-27-17;;;/h2-4,9-14,16,18H,5-8,15H2,1H3,(H4,25,26,28)(H,29,30,31);3*1H/b12-9+;;;. The molecule has 1 aromatic carbocycles. The largest absolute Gasteiger partial charge is 0.497 e. The van der Waals surface area contributed by atoms with Crippen molar-refractivity contribution in [3.05, 3.63) is 54.1 Å². The van der Waals surface area contributed by atoms with Crippen molar-refractivity contribution < 1.29 is 4.74 Å². The third-order valence-electron chi connectivity index (χ3n) is 5.78. The van der Waals surface area contributed by atoms with Gasteiger partial charge >= 0.3 is 0 Å². The van der Waals surface area contributed by atoms with Crippen LogP contribution in [0.5, 0.6) is 5.75 Å². The first-order chi connectivity index (χ1) is 15.6. The lowest BCUT2D eigenvalue weighted by atomic mass is 9.86. The molecule has 0 unspecified atom stereocenters. The molecule has 5 N–H and O–H groups in total. The Kier molecular flexibility index (Phi) is 12.6. The molecular formula is C24H32Cl3N7O. The molecule has 1 aliphatic carbocycles. The number of aromatic nitrogens is 3. The van der Waals surface area contributed by atoms with Gasteiger partial charge in [0, 0.05) is 24.2 Å². The van der Waals surface area contributed by atoms with Crippen molar-refractivity contribution in [2.45, 2.75) is 31.7 Å². The monoisotopic (exact) mass is 539 g/mol. The fourth-order valence-electron chi connectivity index (χ4n) is 4.03. The van der Waals surface area contributed by atoms with Crippen molar-refractivity contribution in [2.75, 3.05) is 19.0 Å². The van der Waals surface area contributed by atoms with Crippen LogP contribution in [0.3, 0.4) is 0 Å². The minimum absolute atomic E-state index is 0. The lowest BCUT2D eigenvalue weighted by Crippen LogP contribution is -2.37. The number of guanidine groups is 1. The van der Waals surface area contributed by atoms with E-state index < -0.39 is 0 Å². The second-order valence-corrected chi connectivity index (χ2v) is 8.06. The Morgan fingerprint density at radius 1 is 1.09 bits per heavy atom. The first-order valence-corrected chi connectivity index (χ1v) is 10.9. The number of ether oxygens (including phenoxy) is 1. The lowest BCUT2D eigenvalue weighted by Gasteiger charge is -2.30. The zero-order chi connectivity index (χ0) is 22.3. The topological polar surface area (TPSA) is 122 Å². The summed E-state index contributed by atoms with van der Waals surface area (Å²) in [5, 5.41) is 14.9. The maximum Gasteiger partial charge on any atom is 0.185 e. The number of benzene rings is 1. The molecular weight excluding hydrogens is 509 g/mol. The Balaban J connectivity index is 0.00000204. The van der Waals surface area contributed by atoms with Crippen LogP contribution in [-0.4, -0.2) is 40.6 Å². The average molecular weight is 541 g/mol. The fourth-order valence-corrected chi connectivity index (χ4v) is 4.03. The maximum atomic E-state index is 7.34. The Morgan fingerprint density at radius 2 is 1.86 bits per heavy atom. The Bertz CT molecular complexity index is 1110. The molecule has 8 nitrogen and oxygen atoms in total. The number of hydrogen-bond donors (Lipinski definition) is 4. The second-order valence-electron chi connectivity index (χ2n) is 8.06. The second kappa shape index (κ2) is 14.6. The van der Waals surface area contributed by atoms with Gasteiger partial charge in [-0.25, -0.2) is 9.97 Å². The van der Waals surface area contributed by atoms with E-state index in [1.165, 1.54) is 0 Å². The number of fused-ring (bicyclic) bond motifs is 1. The van der Waals surface area contributed by atoms with Crippen molar-refractivity contribution in [3.8, 4) is 5.75 Å². The van der Waals surface area contributed by atoms with Gasteiger partial charge in [-0.1, -0.05) is 6.07 Å². The third-order valence-corrected chi connectivity index (χ3v) is 5.78. The number of nitrogens with one attached hydrogen (secondary N) is 3. The highest BCUT2D eigenvalue weighted by molar-refractivity contribution is 5.91. The van der Waals surface area contributed by atoms with Gasteiger partial charge in [-0.2, -0.15) is 0 Å². The van der Waals surface area contributed by atoms with E-state index in [1.807, 2.05) is 48.6 Å². The van der Waals surface area contributed by atoms with Crippen molar-refractivity contribution >= 4 is 72.1 Å². The van der Waals surface area contributed by atoms with E-state index in [9.17, 15) is 0 Å². The number of rotatable bonds is 7. The minimum atomic E-state index is 0. The number of hydrogen-bond acceptors (Lipinski definition) is 6. The first kappa shape index (κ1) is 30.2. The van der Waals surface area contributed by atoms with Crippen molar-refractivity contribution in [1.29, 1.82) is 5.41 Å². The molecule has 0 amide bonds. The quantitative estimate of drug-likeness (QED) is 0.248. The number of nitrogens with two attached hydrogens (primary N) is 1. The van der Waals surface area contributed by atoms with E-state index in [1.54, 1.807) is 13.3 Å². The van der Waals surface area contributed by atoms with Gasteiger partial charge in [0.2, 0.25) is 0 Å². The summed E-state index contributed by atoms with van der Waals surface area (Å²) in [6.07, 6.45) is 9.82. The number of halogens is 3. The van der Waals surface area contributed by atoms with Gasteiger partial charge in [-0.05, 0) is 74.1 Å². The molecule has 0 aliphatic heterocycles. The normalized spacial score (nSPS) is 16.9. The number of pyridine rings is 1. The van der Waals surface area contributed by atoms with E-state index >= 15 is 0 Å². The van der Waals surface area contributed by atoms with Gasteiger partial charge in [-0.3, -0.25) is 10.4 Å². The Hall–Kier alpha value is -2.81. The predicted molar refractivity (Wildman–Crippen MR) is 150 cm³/mol. The van der Waals surface area contributed by atoms with Crippen LogP contribution in [0.4, 0.5) is 5.82 Å². The van der Waals surface area contributed by atoms with Crippen molar-refractivity contribution in [2.24, 2.45) is 11.7 Å². The van der Waals surface area contributed by atoms with Gasteiger partial charge in [0.25, 0.3) is 0 Å². The SMILES string of the molecule is COc1ccc2nc(/C=C/c3ccccn3)nc(NC3CCC(CNC(=N)N)CC3)c2c1.Cl.Cl.Cl. The van der Waals surface area contributed by atoms with Crippen LogP contribution < -0.4 is 21.1 Å². The van der Waals surface area contributed by atoms with Crippen LogP contribution in [0.15, 0.2) is 42.6 Å². The maximum absolute atomic E-state index is 7.34. The van der Waals surface area contributed by atoms with Gasteiger partial charge < -0.3 is 21.1 Å². The molecule has 190 valence electrons. The van der Waals surface area contributed by atoms with Crippen LogP contribution in [-0.2, 0) is 0 Å². The van der Waals surface area contributed by atoms with Crippen molar-refractivity contribution in [3.63, 3.8) is 0 Å². The number of anilines is 1. The van der Waals surface area contributed by atoms with Gasteiger partial charge in [-0.15, -0.1) is 37.2 Å². The van der Waals surface area contributed by atoms with Crippen LogP contribution in [0, 0.1) is 11.3 Å². The third kappa shape index (κ3) is 8.42. The molecule has 11 heteroatoms. The number of nitrogens with zero attached hydrogens (tertiary/aromatic N) is 3. The molecule has 4 rings (SSSR count). The highest BCUT2D eigenvalue weighted by atomic mass is 35.5. The molecule has 0 saturated heterocycles. The lowest BCUT2D eigenvalue weighted by molar-refractivity contribution is 0.336. The number of methoxy groups -OCH3 is 1. The predicted octanol–water partition coefficient (Wildman–Crippen LogP) is 4.92. The molecule has 3 aromatic rings. The molecule has 1 saturated carbocycles. The summed E-state index contributed by atoms with van der Waals surface area (Å²) in [4.78, 5) is 13.9. The van der Waals surface area contributed by atoms with E-state index in [4.69, 9.17) is 25.8 Å². The molecule has 1 fully saturated rings. The smallest absolute Gasteiger partial charge is 0.185 e. The van der Waals surface area contributed by atoms with Crippen LogP contribution in [0.2, 0.25) is 0 Å². The zero-order valence-electron chi connectivity index (χ0n) is 19.4. The highest BCUT2D eigenvalue weighted by Gasteiger charge is 2.22. The summed E-state index contributed by atoms with van der Waals surface area (Å²) >= 11 is 0. The molecule has 0 radical (unpaired) electrons. The van der Waals surface area contributed by atoms with Crippen LogP contribution >= 0.6 is 37.2 Å². The summed E-state index contributed by atoms with van der Waals surface area (Å²) < 4.78 is 5.42. The molecule has 0 atom stereocenters. The van der Waals surface area contributed by atoms with E-state index in [0.29, 0.717) is 17.8 Å². The molecule has 35 heavy (non-hydrogen) atoms. The fraction of sp³-hybridized carbons (Fsp3) is 0.333. The molecule has 2 aromatic heterocycles. The van der Waals surface area contributed by atoms with E-state index in [-0.39, 0.29) is 43.2 Å². The summed E-state index contributed by atoms with van der Waals surface area (Å²) in [5.41, 5.74) is 7.14. The summed E-state index contributed by atoms with van der Waals surface area (Å²) in [6.45, 7) is 0.762. The summed E-state index contributed by atoms with van der Waals surface area (Å²) in [7, 11) is 1.66. The Morgan fingerprint density at radius 3 is 2.51 bits per heavy atom.